The molecule has 0 bridgehead atoms. The standard InChI is InChI=1S/C29H27N3O2S2/c35-29-31-27(24-12-6-7-19-30-24)28(25-17-18-26(34-25)36-23-10-2-1-3-11-23)32(29)20-13-15-22(16-14-20)33-21-8-4-5-9-21/h1-3,6-7,10-19,21,27-28H,4-5,8-9H2,(H,31,35)/t27-,28-/m0/s1. The fourth-order valence-corrected chi connectivity index (χ4v) is 6.10. The number of anilines is 1. The average Bonchev–Trinajstić information content (AvgIpc) is 3.66. The Kier molecular flexibility index (Phi) is 6.66. The predicted molar refractivity (Wildman–Crippen MR) is 147 cm³/mol. The second-order valence-corrected chi connectivity index (χ2v) is 10.6. The van der Waals surface area contributed by atoms with Crippen molar-refractivity contribution in [1.29, 1.82) is 0 Å². The van der Waals surface area contributed by atoms with E-state index in [9.17, 15) is 0 Å². The first kappa shape index (κ1) is 23.1. The molecule has 36 heavy (non-hydrogen) atoms. The third kappa shape index (κ3) is 4.86. The van der Waals surface area contributed by atoms with Gasteiger partial charge in [0.2, 0.25) is 0 Å². The number of furan rings is 1. The topological polar surface area (TPSA) is 50.5 Å². The molecule has 0 unspecified atom stereocenters. The van der Waals surface area contributed by atoms with Crippen molar-refractivity contribution < 1.29 is 9.15 Å². The fourth-order valence-electron chi connectivity index (χ4n) is 4.96. The fraction of sp³-hybridized carbons (Fsp3) is 0.241. The Hall–Kier alpha value is -3.29. The Balaban J connectivity index is 1.31. The maximum Gasteiger partial charge on any atom is 0.174 e. The minimum Gasteiger partial charge on any atom is -0.490 e. The quantitative estimate of drug-likeness (QED) is 0.260. The number of nitrogens with zero attached hydrogens (tertiary/aromatic N) is 2. The maximum absolute atomic E-state index is 6.40. The molecule has 0 spiro atoms. The summed E-state index contributed by atoms with van der Waals surface area (Å²) in [7, 11) is 0. The third-order valence-corrected chi connectivity index (χ3v) is 7.92. The highest BCUT2D eigenvalue weighted by molar-refractivity contribution is 7.99. The summed E-state index contributed by atoms with van der Waals surface area (Å²) in [5, 5.41) is 4.99. The zero-order valence-electron chi connectivity index (χ0n) is 19.7. The first-order valence-corrected chi connectivity index (χ1v) is 13.6. The Morgan fingerprint density at radius 3 is 2.44 bits per heavy atom. The van der Waals surface area contributed by atoms with Gasteiger partial charge in [0.1, 0.15) is 17.6 Å². The molecule has 1 aliphatic heterocycles. The van der Waals surface area contributed by atoms with Crippen molar-refractivity contribution in [1.82, 2.24) is 10.3 Å². The monoisotopic (exact) mass is 513 g/mol. The first-order valence-electron chi connectivity index (χ1n) is 12.3. The molecule has 4 aromatic rings. The van der Waals surface area contributed by atoms with Crippen molar-refractivity contribution in [3.05, 3.63) is 103 Å². The van der Waals surface area contributed by atoms with E-state index in [4.69, 9.17) is 21.4 Å². The molecule has 1 N–H and O–H groups in total. The lowest BCUT2D eigenvalue weighted by molar-refractivity contribution is 0.210. The summed E-state index contributed by atoms with van der Waals surface area (Å²) in [6.07, 6.45) is 6.92. The van der Waals surface area contributed by atoms with Gasteiger partial charge in [0.15, 0.2) is 10.2 Å². The number of nitrogens with one attached hydrogen (secondary N) is 1. The molecule has 0 radical (unpaired) electrons. The van der Waals surface area contributed by atoms with Crippen LogP contribution in [0.4, 0.5) is 5.69 Å². The number of hydrogen-bond acceptors (Lipinski definition) is 5. The zero-order chi connectivity index (χ0) is 24.3. The molecule has 5 nitrogen and oxygen atoms in total. The lowest BCUT2D eigenvalue weighted by atomic mass is 10.0. The van der Waals surface area contributed by atoms with Gasteiger partial charge in [-0.05, 0) is 98.6 Å². The summed E-state index contributed by atoms with van der Waals surface area (Å²) >= 11 is 7.45. The normalized spacial score (nSPS) is 20.0. The van der Waals surface area contributed by atoms with Crippen LogP contribution in [-0.4, -0.2) is 16.2 Å². The molecule has 1 saturated carbocycles. The van der Waals surface area contributed by atoms with Crippen molar-refractivity contribution in [2.45, 2.75) is 53.9 Å². The van der Waals surface area contributed by atoms with Gasteiger partial charge >= 0.3 is 0 Å². The second kappa shape index (κ2) is 10.4. The van der Waals surface area contributed by atoms with Crippen molar-refractivity contribution >= 4 is 34.8 Å². The van der Waals surface area contributed by atoms with Crippen LogP contribution in [-0.2, 0) is 0 Å². The Bertz CT molecular complexity index is 1310. The Morgan fingerprint density at radius 1 is 0.917 bits per heavy atom. The van der Waals surface area contributed by atoms with Crippen LogP contribution < -0.4 is 15.0 Å². The van der Waals surface area contributed by atoms with Gasteiger partial charge in [-0.3, -0.25) is 4.98 Å². The third-order valence-electron chi connectivity index (χ3n) is 6.67. The summed E-state index contributed by atoms with van der Waals surface area (Å²) in [6.45, 7) is 0. The number of hydrogen-bond donors (Lipinski definition) is 1. The molecule has 2 aromatic heterocycles. The molecular weight excluding hydrogens is 486 g/mol. The number of aromatic nitrogens is 1. The van der Waals surface area contributed by atoms with Gasteiger partial charge in [-0.25, -0.2) is 0 Å². The lowest BCUT2D eigenvalue weighted by Crippen LogP contribution is -2.29. The summed E-state index contributed by atoms with van der Waals surface area (Å²) in [5.41, 5.74) is 1.91. The van der Waals surface area contributed by atoms with Crippen molar-refractivity contribution in [3.63, 3.8) is 0 Å². The van der Waals surface area contributed by atoms with Crippen LogP contribution in [0.25, 0.3) is 0 Å². The van der Waals surface area contributed by atoms with Gasteiger partial charge in [0.25, 0.3) is 0 Å². The van der Waals surface area contributed by atoms with Gasteiger partial charge in [0.05, 0.1) is 17.8 Å². The second-order valence-electron chi connectivity index (χ2n) is 9.09. The molecular formula is C29H27N3O2S2. The van der Waals surface area contributed by atoms with Crippen LogP contribution in [0.15, 0.2) is 106 Å². The summed E-state index contributed by atoms with van der Waals surface area (Å²) in [4.78, 5) is 7.89. The molecule has 3 heterocycles. The van der Waals surface area contributed by atoms with E-state index in [1.165, 1.54) is 12.8 Å². The van der Waals surface area contributed by atoms with Gasteiger partial charge in [-0.2, -0.15) is 0 Å². The van der Waals surface area contributed by atoms with Gasteiger partial charge < -0.3 is 19.4 Å². The molecule has 2 aromatic carbocycles. The molecule has 6 rings (SSSR count). The minimum absolute atomic E-state index is 0.145. The van der Waals surface area contributed by atoms with Crippen LogP contribution in [0.2, 0.25) is 0 Å². The number of ether oxygens (including phenoxy) is 1. The highest BCUT2D eigenvalue weighted by atomic mass is 32.2. The SMILES string of the molecule is S=C1N[C@@H](c2ccccn2)[C@H](c2ccc(Sc3ccccc3)o2)N1c1ccc(OC2CCCC2)cc1. The van der Waals surface area contributed by atoms with E-state index in [0.29, 0.717) is 11.2 Å². The van der Waals surface area contributed by atoms with E-state index in [1.54, 1.807) is 11.8 Å². The first-order chi connectivity index (χ1) is 17.7. The Labute approximate surface area is 220 Å². The van der Waals surface area contributed by atoms with E-state index in [0.717, 1.165) is 45.7 Å². The maximum atomic E-state index is 6.40. The highest BCUT2D eigenvalue weighted by Gasteiger charge is 2.42. The van der Waals surface area contributed by atoms with Crippen LogP contribution in [0, 0.1) is 0 Å². The van der Waals surface area contributed by atoms with Crippen molar-refractivity contribution in [2.24, 2.45) is 0 Å². The zero-order valence-corrected chi connectivity index (χ0v) is 21.4. The molecule has 2 aliphatic rings. The molecule has 7 heteroatoms. The van der Waals surface area contributed by atoms with Crippen LogP contribution in [0.3, 0.4) is 0 Å². The van der Waals surface area contributed by atoms with Gasteiger partial charge in [-0.1, -0.05) is 36.0 Å². The van der Waals surface area contributed by atoms with Crippen molar-refractivity contribution in [2.75, 3.05) is 4.90 Å². The average molecular weight is 514 g/mol. The largest absolute Gasteiger partial charge is 0.490 e. The summed E-state index contributed by atoms with van der Waals surface area (Å²) in [6, 6.07) is 28.2. The van der Waals surface area contributed by atoms with E-state index < -0.39 is 0 Å². The molecule has 2 atom stereocenters. The number of thiocarbonyl (C=S) groups is 1. The van der Waals surface area contributed by atoms with E-state index in [2.05, 4.69) is 39.5 Å². The minimum atomic E-state index is -0.181. The van der Waals surface area contributed by atoms with Crippen LogP contribution >= 0.6 is 24.0 Å². The van der Waals surface area contributed by atoms with Gasteiger partial charge in [-0.15, -0.1) is 0 Å². The van der Waals surface area contributed by atoms with Crippen LogP contribution in [0.5, 0.6) is 5.75 Å². The van der Waals surface area contributed by atoms with E-state index in [-0.39, 0.29) is 12.1 Å². The molecule has 0 amide bonds. The lowest BCUT2D eigenvalue weighted by Gasteiger charge is -2.26. The number of rotatable bonds is 7. The number of pyridine rings is 1. The van der Waals surface area contributed by atoms with Crippen LogP contribution in [0.1, 0.15) is 49.2 Å². The van der Waals surface area contributed by atoms with Gasteiger partial charge in [0, 0.05) is 16.8 Å². The van der Waals surface area contributed by atoms with E-state index >= 15 is 0 Å². The Morgan fingerprint density at radius 2 is 1.69 bits per heavy atom. The molecule has 2 fully saturated rings. The van der Waals surface area contributed by atoms with E-state index in [1.807, 2.05) is 66.9 Å². The summed E-state index contributed by atoms with van der Waals surface area (Å²) in [5.74, 6) is 1.74. The number of benzene rings is 2. The molecule has 1 saturated heterocycles. The molecule has 1 aliphatic carbocycles. The molecule has 182 valence electrons. The summed E-state index contributed by atoms with van der Waals surface area (Å²) < 4.78 is 12.6. The highest BCUT2D eigenvalue weighted by Crippen LogP contribution is 2.43. The smallest absolute Gasteiger partial charge is 0.174 e. The predicted octanol–water partition coefficient (Wildman–Crippen LogP) is 7.32. The van der Waals surface area contributed by atoms with Crippen molar-refractivity contribution in [3.8, 4) is 5.75 Å².